The van der Waals surface area contributed by atoms with Crippen LogP contribution >= 0.6 is 0 Å². The third-order valence-corrected chi connectivity index (χ3v) is 8.72. The average Bonchev–Trinajstić information content (AvgIpc) is 3.10. The van der Waals surface area contributed by atoms with Gasteiger partial charge in [0.15, 0.2) is 6.29 Å². The Bertz CT molecular complexity index is 1990. The number of benzene rings is 2. The first kappa shape index (κ1) is 31.3. The first-order valence-electron chi connectivity index (χ1n) is 15.3. The fourth-order valence-corrected chi connectivity index (χ4v) is 5.91. The van der Waals surface area contributed by atoms with Crippen LogP contribution in [0.25, 0.3) is 11.3 Å². The van der Waals surface area contributed by atoms with E-state index in [4.69, 9.17) is 4.74 Å². The van der Waals surface area contributed by atoms with Gasteiger partial charge in [-0.25, -0.2) is 10.1 Å². The van der Waals surface area contributed by atoms with Crippen LogP contribution in [0.2, 0.25) is 0 Å². The lowest BCUT2D eigenvalue weighted by atomic mass is 9.83. The second-order valence-corrected chi connectivity index (χ2v) is 12.0. The Morgan fingerprint density at radius 2 is 1.87 bits per heavy atom. The molecule has 2 amide bonds. The highest BCUT2D eigenvalue weighted by Crippen LogP contribution is 2.35. The number of H-pyrrole nitrogens is 1. The molecule has 4 aromatic rings. The maximum Gasteiger partial charge on any atom is 0.288 e. The molecular weight excluding hydrogens is 598 g/mol. The van der Waals surface area contributed by atoms with Crippen molar-refractivity contribution >= 4 is 35.3 Å². The predicted molar refractivity (Wildman–Crippen MR) is 175 cm³/mol. The summed E-state index contributed by atoms with van der Waals surface area (Å²) in [5, 5.41) is 19.4. The van der Waals surface area contributed by atoms with Crippen LogP contribution in [0.1, 0.15) is 61.6 Å². The maximum atomic E-state index is 13.7. The molecule has 2 aromatic carbocycles. The lowest BCUT2D eigenvalue weighted by molar-refractivity contribution is 0.0302. The zero-order valence-corrected chi connectivity index (χ0v) is 26.3. The monoisotopic (exact) mass is 631 g/mol. The smallest absolute Gasteiger partial charge is 0.288 e. The number of pyridine rings is 1. The van der Waals surface area contributed by atoms with E-state index in [1.54, 1.807) is 59.2 Å². The van der Waals surface area contributed by atoms with Crippen molar-refractivity contribution in [2.24, 2.45) is 0 Å². The minimum atomic E-state index is -0.689. The van der Waals surface area contributed by atoms with Gasteiger partial charge in [0.2, 0.25) is 0 Å². The van der Waals surface area contributed by atoms with Crippen LogP contribution in [0.15, 0.2) is 59.5 Å². The number of hydrogen-bond acceptors (Lipinski definition) is 9. The topological polar surface area (TPSA) is 161 Å². The normalized spacial score (nSPS) is 14.7. The molecule has 47 heavy (non-hydrogen) atoms. The number of morpholine rings is 1. The second kappa shape index (κ2) is 12.6. The number of aldehydes is 1. The summed E-state index contributed by atoms with van der Waals surface area (Å²) in [7, 11) is 0. The van der Waals surface area contributed by atoms with Gasteiger partial charge in [-0.1, -0.05) is 24.3 Å². The van der Waals surface area contributed by atoms with Crippen molar-refractivity contribution in [3.05, 3.63) is 98.5 Å². The summed E-state index contributed by atoms with van der Waals surface area (Å²) >= 11 is 0. The Kier molecular flexibility index (Phi) is 8.40. The number of carbonyl (C=O) groups is 3. The first-order chi connectivity index (χ1) is 22.6. The van der Waals surface area contributed by atoms with Crippen LogP contribution < -0.4 is 15.8 Å². The maximum absolute atomic E-state index is 13.7. The quantitative estimate of drug-likeness (QED) is 0.285. The van der Waals surface area contributed by atoms with Gasteiger partial charge in [-0.2, -0.15) is 10.4 Å². The molecule has 2 aliphatic heterocycles. The number of aromatic amines is 1. The third kappa shape index (κ3) is 5.89. The van der Waals surface area contributed by atoms with Crippen molar-refractivity contribution in [3.63, 3.8) is 0 Å². The molecule has 12 heteroatoms. The van der Waals surface area contributed by atoms with Crippen LogP contribution in [0.5, 0.6) is 0 Å². The van der Waals surface area contributed by atoms with Crippen LogP contribution in [0.3, 0.4) is 0 Å². The molecule has 238 valence electrons. The molecule has 1 fully saturated rings. The van der Waals surface area contributed by atoms with E-state index in [1.807, 2.05) is 19.9 Å². The molecule has 2 aromatic heterocycles. The van der Waals surface area contributed by atoms with E-state index in [2.05, 4.69) is 26.6 Å². The van der Waals surface area contributed by atoms with Gasteiger partial charge in [0.1, 0.15) is 11.5 Å². The largest absolute Gasteiger partial charge is 0.378 e. The number of anilines is 3. The number of amides is 2. The van der Waals surface area contributed by atoms with Gasteiger partial charge in [0.25, 0.3) is 17.4 Å². The van der Waals surface area contributed by atoms with Gasteiger partial charge in [0, 0.05) is 48.1 Å². The fraction of sp³-hybridized carbons (Fsp3) is 0.286. The van der Waals surface area contributed by atoms with Gasteiger partial charge in [-0.05, 0) is 62.6 Å². The highest BCUT2D eigenvalue weighted by molar-refractivity contribution is 6.11. The van der Waals surface area contributed by atoms with E-state index in [9.17, 15) is 24.4 Å². The van der Waals surface area contributed by atoms with E-state index < -0.39 is 11.0 Å². The zero-order valence-electron chi connectivity index (χ0n) is 26.3. The van der Waals surface area contributed by atoms with E-state index >= 15 is 0 Å². The number of hydrogen-bond donors (Lipinski definition) is 2. The van der Waals surface area contributed by atoms with Crippen molar-refractivity contribution in [3.8, 4) is 17.3 Å². The summed E-state index contributed by atoms with van der Waals surface area (Å²) in [5.74, 6) is -0.0438. The molecule has 0 aliphatic carbocycles. The molecule has 2 aliphatic rings. The van der Waals surface area contributed by atoms with Crippen LogP contribution in [-0.2, 0) is 16.6 Å². The van der Waals surface area contributed by atoms with E-state index in [0.717, 1.165) is 11.1 Å². The van der Waals surface area contributed by atoms with E-state index in [1.165, 1.54) is 6.20 Å². The van der Waals surface area contributed by atoms with Crippen LogP contribution in [-0.4, -0.2) is 71.0 Å². The zero-order chi connectivity index (χ0) is 33.3. The molecule has 0 radical (unpaired) electrons. The SMILES string of the molecule is Cc1c(-c2cccc(N3CCc4cc(C(C)(C)C#N)ccc4C3=O)c2C=O)n[nH]c(=O)c1Nc1ccc(C(=O)N2CCOCC2)cn1. The number of carbonyl (C=O) groups excluding carboxylic acids is 3. The number of ether oxygens (including phenoxy) is 1. The van der Waals surface area contributed by atoms with Crippen LogP contribution in [0.4, 0.5) is 17.2 Å². The van der Waals surface area contributed by atoms with Crippen molar-refractivity contribution in [2.45, 2.75) is 32.6 Å². The Labute approximate surface area is 271 Å². The summed E-state index contributed by atoms with van der Waals surface area (Å²) in [6, 6.07) is 16.2. The highest BCUT2D eigenvalue weighted by atomic mass is 16.5. The van der Waals surface area contributed by atoms with Gasteiger partial charge < -0.3 is 19.9 Å². The fourth-order valence-electron chi connectivity index (χ4n) is 5.91. The van der Waals surface area contributed by atoms with E-state index in [0.29, 0.717) is 85.0 Å². The third-order valence-electron chi connectivity index (χ3n) is 8.72. The van der Waals surface area contributed by atoms with Crippen molar-refractivity contribution in [2.75, 3.05) is 43.1 Å². The van der Waals surface area contributed by atoms with Gasteiger partial charge in [0.05, 0.1) is 41.6 Å². The number of aromatic nitrogens is 3. The lowest BCUT2D eigenvalue weighted by Crippen LogP contribution is -2.40. The summed E-state index contributed by atoms with van der Waals surface area (Å²) in [6.07, 6.45) is 2.70. The van der Waals surface area contributed by atoms with Gasteiger partial charge in [-0.3, -0.25) is 19.2 Å². The molecule has 4 heterocycles. The molecule has 1 saturated heterocycles. The first-order valence-corrected chi connectivity index (χ1v) is 15.3. The standard InChI is InChI=1S/C35H33N7O5/c1-21-30(39-40-32(44)31(21)38-29-10-7-23(18-37-29)33(45)41-13-15-47-16-14-41)26-5-4-6-28(27(26)19-43)42-12-11-22-17-24(35(2,3)20-36)8-9-25(22)34(42)46/h4-10,17-19H,11-16H2,1-3H3,(H,40,44)(H,37,38,39). The van der Waals surface area contributed by atoms with Gasteiger partial charge in [-0.15, -0.1) is 0 Å². The minimum absolute atomic E-state index is 0.141. The summed E-state index contributed by atoms with van der Waals surface area (Å²) in [4.78, 5) is 59.7. The van der Waals surface area contributed by atoms with Crippen molar-refractivity contribution in [1.82, 2.24) is 20.1 Å². The number of fused-ring (bicyclic) bond motifs is 1. The highest BCUT2D eigenvalue weighted by Gasteiger charge is 2.30. The van der Waals surface area contributed by atoms with Crippen LogP contribution in [0, 0.1) is 18.3 Å². The summed E-state index contributed by atoms with van der Waals surface area (Å²) < 4.78 is 5.32. The Balaban J connectivity index is 1.29. The molecule has 0 unspecified atom stereocenters. The summed E-state index contributed by atoms with van der Waals surface area (Å²) in [5.41, 5.74) is 3.58. The molecular formula is C35H33N7O5. The predicted octanol–water partition coefficient (Wildman–Crippen LogP) is 4.17. The molecule has 12 nitrogen and oxygen atoms in total. The minimum Gasteiger partial charge on any atom is -0.378 e. The second-order valence-electron chi connectivity index (χ2n) is 12.0. The molecule has 0 saturated carbocycles. The molecule has 2 N–H and O–H groups in total. The van der Waals surface area contributed by atoms with E-state index in [-0.39, 0.29) is 23.1 Å². The number of nitrogens with one attached hydrogen (secondary N) is 2. The van der Waals surface area contributed by atoms with Crippen molar-refractivity contribution < 1.29 is 19.1 Å². The average molecular weight is 632 g/mol. The lowest BCUT2D eigenvalue weighted by Gasteiger charge is -2.31. The van der Waals surface area contributed by atoms with Gasteiger partial charge >= 0.3 is 0 Å². The number of nitrogens with zero attached hydrogens (tertiary/aromatic N) is 5. The summed E-state index contributed by atoms with van der Waals surface area (Å²) in [6.45, 7) is 7.73. The Morgan fingerprint density at radius 3 is 2.57 bits per heavy atom. The molecule has 0 spiro atoms. The number of rotatable bonds is 7. The molecule has 6 rings (SSSR count). The van der Waals surface area contributed by atoms with Crippen molar-refractivity contribution in [1.29, 1.82) is 5.26 Å². The molecule has 0 bridgehead atoms. The molecule has 0 atom stereocenters. The number of nitriles is 1. The Morgan fingerprint density at radius 1 is 1.09 bits per heavy atom. The Hall–Kier alpha value is -5.67.